The van der Waals surface area contributed by atoms with Gasteiger partial charge >= 0.3 is 5.97 Å². The van der Waals surface area contributed by atoms with Crippen LogP contribution in [0.5, 0.6) is 0 Å². The molecule has 6 nitrogen and oxygen atoms in total. The summed E-state index contributed by atoms with van der Waals surface area (Å²) in [4.78, 5) is 24.5. The molecule has 0 aromatic carbocycles. The van der Waals surface area contributed by atoms with Gasteiger partial charge < -0.3 is 20.3 Å². The van der Waals surface area contributed by atoms with E-state index in [-0.39, 0.29) is 18.5 Å². The summed E-state index contributed by atoms with van der Waals surface area (Å²) in [6, 6.07) is -0.625. The molecule has 0 aliphatic heterocycles. The second-order valence-electron chi connectivity index (χ2n) is 22.4. The molecule has 0 aliphatic rings. The van der Waals surface area contributed by atoms with Gasteiger partial charge in [-0.2, -0.15) is 0 Å². The number of aliphatic hydroxyl groups excluding tert-OH is 2. The molecule has 0 bridgehead atoms. The standard InChI is InChI=1S/C68H127NO5/c1-3-5-7-9-11-13-14-15-35-39-42-46-50-54-58-62-68(73)74-63-59-55-51-47-43-40-37-34-32-30-28-26-24-22-20-18-16-17-19-21-23-25-27-29-31-33-36-38-41-45-49-53-57-61-67(72)69-65(64-70)66(71)60-56-52-48-44-12-10-8-6-4-2/h15,20,22,26,28,35,56,60,65-66,70-71H,3-14,16-19,21,23-25,27,29-34,36-55,57-59,61-64H2,1-2H3,(H,69,72)/b22-20-,28-26-,35-15-,60-56+. The van der Waals surface area contributed by atoms with Crippen molar-refractivity contribution in [2.45, 2.75) is 360 Å². The molecule has 0 heterocycles. The Morgan fingerprint density at radius 1 is 0.378 bits per heavy atom. The number of amides is 1. The van der Waals surface area contributed by atoms with Crippen molar-refractivity contribution in [3.05, 3.63) is 48.6 Å². The van der Waals surface area contributed by atoms with Crippen molar-refractivity contribution in [3.63, 3.8) is 0 Å². The maximum absolute atomic E-state index is 12.4. The highest BCUT2D eigenvalue weighted by atomic mass is 16.5. The zero-order valence-corrected chi connectivity index (χ0v) is 49.6. The first-order valence-electron chi connectivity index (χ1n) is 32.9. The Morgan fingerprint density at radius 3 is 1.04 bits per heavy atom. The number of hydrogen-bond donors (Lipinski definition) is 3. The number of nitrogens with one attached hydrogen (secondary N) is 1. The van der Waals surface area contributed by atoms with Crippen LogP contribution >= 0.6 is 0 Å². The quantitative estimate of drug-likeness (QED) is 0.0320. The predicted octanol–water partition coefficient (Wildman–Crippen LogP) is 20.9. The van der Waals surface area contributed by atoms with Gasteiger partial charge in [-0.05, 0) is 89.9 Å². The summed E-state index contributed by atoms with van der Waals surface area (Å²) >= 11 is 0. The number of ether oxygens (including phenoxy) is 1. The third kappa shape index (κ3) is 59.1. The Bertz CT molecular complexity index is 1240. The Balaban J connectivity index is 3.37. The van der Waals surface area contributed by atoms with Gasteiger partial charge in [-0.15, -0.1) is 0 Å². The summed E-state index contributed by atoms with van der Waals surface area (Å²) < 4.78 is 5.48. The fraction of sp³-hybridized carbons (Fsp3) is 0.853. The fourth-order valence-electron chi connectivity index (χ4n) is 10.0. The SMILES string of the molecule is CCCCCCCC/C=C\CCCCCCCC(=O)OCCCCCCCCCCC/C=C\C/C=C\CCCCCCCCCCCCCCCCCCCC(=O)NC(CO)C(O)/C=C/CCCCCCCCC. The van der Waals surface area contributed by atoms with Gasteiger partial charge in [-0.1, -0.05) is 294 Å². The molecule has 2 atom stereocenters. The Hall–Kier alpha value is -2.18. The number of carbonyl (C=O) groups excluding carboxylic acids is 2. The van der Waals surface area contributed by atoms with Crippen molar-refractivity contribution >= 4 is 11.9 Å². The largest absolute Gasteiger partial charge is 0.466 e. The van der Waals surface area contributed by atoms with Crippen LogP contribution in [0.4, 0.5) is 0 Å². The van der Waals surface area contributed by atoms with E-state index in [1.807, 2.05) is 6.08 Å². The molecule has 74 heavy (non-hydrogen) atoms. The average Bonchev–Trinajstić information content (AvgIpc) is 3.40. The van der Waals surface area contributed by atoms with Crippen LogP contribution in [0.2, 0.25) is 0 Å². The molecular weight excluding hydrogens is 911 g/mol. The zero-order valence-electron chi connectivity index (χ0n) is 49.6. The van der Waals surface area contributed by atoms with Crippen molar-refractivity contribution in [1.29, 1.82) is 0 Å². The molecular formula is C68H127NO5. The molecule has 0 aromatic rings. The van der Waals surface area contributed by atoms with E-state index in [1.165, 1.54) is 270 Å². The monoisotopic (exact) mass is 1040 g/mol. The number of hydrogen-bond acceptors (Lipinski definition) is 5. The summed E-state index contributed by atoms with van der Waals surface area (Å²) in [6.45, 7) is 4.88. The second kappa shape index (κ2) is 63.4. The van der Waals surface area contributed by atoms with Crippen molar-refractivity contribution in [2.75, 3.05) is 13.2 Å². The van der Waals surface area contributed by atoms with E-state index in [0.717, 1.165) is 51.4 Å². The van der Waals surface area contributed by atoms with E-state index in [4.69, 9.17) is 4.74 Å². The molecule has 0 saturated heterocycles. The first-order valence-corrected chi connectivity index (χ1v) is 32.9. The minimum absolute atomic E-state index is 0.00574. The summed E-state index contributed by atoms with van der Waals surface area (Å²) in [5.74, 6) is -0.0627. The number of esters is 1. The minimum atomic E-state index is -0.841. The van der Waals surface area contributed by atoms with Gasteiger partial charge in [0, 0.05) is 12.8 Å². The highest BCUT2D eigenvalue weighted by Gasteiger charge is 2.18. The molecule has 3 N–H and O–H groups in total. The number of rotatable bonds is 61. The second-order valence-corrected chi connectivity index (χ2v) is 22.4. The summed E-state index contributed by atoms with van der Waals surface area (Å²) in [6.07, 6.45) is 81.9. The molecule has 0 aliphatic carbocycles. The van der Waals surface area contributed by atoms with Crippen LogP contribution in [-0.2, 0) is 14.3 Å². The molecule has 1 amide bonds. The van der Waals surface area contributed by atoms with E-state index < -0.39 is 12.1 Å². The van der Waals surface area contributed by atoms with Gasteiger partial charge in [0.1, 0.15) is 0 Å². The van der Waals surface area contributed by atoms with E-state index in [1.54, 1.807) is 6.08 Å². The molecule has 0 saturated carbocycles. The van der Waals surface area contributed by atoms with Crippen LogP contribution in [-0.4, -0.2) is 47.4 Å². The number of unbranched alkanes of at least 4 members (excludes halogenated alkanes) is 44. The van der Waals surface area contributed by atoms with Crippen LogP contribution in [0, 0.1) is 0 Å². The highest BCUT2D eigenvalue weighted by Crippen LogP contribution is 2.17. The third-order valence-corrected chi connectivity index (χ3v) is 15.1. The van der Waals surface area contributed by atoms with Gasteiger partial charge in [0.25, 0.3) is 0 Å². The van der Waals surface area contributed by atoms with Crippen LogP contribution in [0.1, 0.15) is 348 Å². The Kier molecular flexibility index (Phi) is 61.5. The summed E-state index contributed by atoms with van der Waals surface area (Å²) in [5, 5.41) is 23.0. The normalized spacial score (nSPS) is 12.9. The average molecular weight is 1040 g/mol. The van der Waals surface area contributed by atoms with E-state index >= 15 is 0 Å². The van der Waals surface area contributed by atoms with E-state index in [2.05, 4.69) is 55.6 Å². The first-order chi connectivity index (χ1) is 36.5. The van der Waals surface area contributed by atoms with Crippen molar-refractivity contribution in [1.82, 2.24) is 5.32 Å². The number of allylic oxidation sites excluding steroid dienone is 7. The lowest BCUT2D eigenvalue weighted by molar-refractivity contribution is -0.143. The van der Waals surface area contributed by atoms with Crippen LogP contribution in [0.25, 0.3) is 0 Å². The molecule has 434 valence electrons. The first kappa shape index (κ1) is 71.8. The van der Waals surface area contributed by atoms with Crippen molar-refractivity contribution in [2.24, 2.45) is 0 Å². The topological polar surface area (TPSA) is 95.9 Å². The lowest BCUT2D eigenvalue weighted by Gasteiger charge is -2.20. The maximum Gasteiger partial charge on any atom is 0.305 e. The molecule has 2 unspecified atom stereocenters. The number of aliphatic hydroxyl groups is 2. The Labute approximate surface area is 461 Å². The maximum atomic E-state index is 12.4. The molecule has 0 rings (SSSR count). The predicted molar refractivity (Wildman–Crippen MR) is 324 cm³/mol. The zero-order chi connectivity index (χ0) is 53.6. The molecule has 0 aromatic heterocycles. The molecule has 6 heteroatoms. The third-order valence-electron chi connectivity index (χ3n) is 15.1. The minimum Gasteiger partial charge on any atom is -0.466 e. The summed E-state index contributed by atoms with van der Waals surface area (Å²) in [5.41, 5.74) is 0. The van der Waals surface area contributed by atoms with Crippen LogP contribution < -0.4 is 5.32 Å². The fourth-order valence-corrected chi connectivity index (χ4v) is 10.0. The van der Waals surface area contributed by atoms with Gasteiger partial charge in [0.15, 0.2) is 0 Å². The van der Waals surface area contributed by atoms with Crippen LogP contribution in [0.15, 0.2) is 48.6 Å². The molecule has 0 spiro atoms. The summed E-state index contributed by atoms with van der Waals surface area (Å²) in [7, 11) is 0. The highest BCUT2D eigenvalue weighted by molar-refractivity contribution is 5.76. The Morgan fingerprint density at radius 2 is 0.676 bits per heavy atom. The molecule has 0 fully saturated rings. The number of carbonyl (C=O) groups is 2. The van der Waals surface area contributed by atoms with Gasteiger partial charge in [0.05, 0.1) is 25.4 Å². The van der Waals surface area contributed by atoms with Gasteiger partial charge in [0.2, 0.25) is 5.91 Å². The lowest BCUT2D eigenvalue weighted by atomic mass is 10.0. The van der Waals surface area contributed by atoms with Crippen molar-refractivity contribution in [3.8, 4) is 0 Å². The molecule has 0 radical (unpaired) electrons. The van der Waals surface area contributed by atoms with Gasteiger partial charge in [-0.25, -0.2) is 0 Å². The van der Waals surface area contributed by atoms with Crippen LogP contribution in [0.3, 0.4) is 0 Å². The van der Waals surface area contributed by atoms with Crippen molar-refractivity contribution < 1.29 is 24.5 Å². The van der Waals surface area contributed by atoms with Gasteiger partial charge in [-0.3, -0.25) is 9.59 Å². The van der Waals surface area contributed by atoms with E-state index in [9.17, 15) is 19.8 Å². The smallest absolute Gasteiger partial charge is 0.305 e. The van der Waals surface area contributed by atoms with E-state index in [0.29, 0.717) is 19.4 Å². The lowest BCUT2D eigenvalue weighted by Crippen LogP contribution is -2.45.